The van der Waals surface area contributed by atoms with Gasteiger partial charge in [-0.2, -0.15) is 4.72 Å². The number of carboxylic acids is 1. The normalized spacial score (nSPS) is 35.0. The van der Waals surface area contributed by atoms with Gasteiger partial charge in [0, 0.05) is 6.61 Å². The minimum absolute atomic E-state index is 0.141. The summed E-state index contributed by atoms with van der Waals surface area (Å²) < 4.78 is 32.2. The van der Waals surface area contributed by atoms with Crippen LogP contribution < -0.4 is 4.72 Å². The lowest BCUT2D eigenvalue weighted by Gasteiger charge is -2.36. The van der Waals surface area contributed by atoms with E-state index in [1.165, 1.54) is 0 Å². The van der Waals surface area contributed by atoms with Crippen LogP contribution in [0.3, 0.4) is 0 Å². The van der Waals surface area contributed by atoms with Gasteiger partial charge in [0.25, 0.3) is 0 Å². The fraction of sp³-hybridized carbons (Fsp3) is 0.923. The molecule has 1 aliphatic carbocycles. The predicted molar refractivity (Wildman–Crippen MR) is 73.9 cm³/mol. The largest absolute Gasteiger partial charge is 0.480 e. The molecular weight excluding hydrogens is 282 g/mol. The summed E-state index contributed by atoms with van der Waals surface area (Å²) in [4.78, 5) is 11.5. The number of carboxylic acid groups (broad SMARTS) is 1. The van der Waals surface area contributed by atoms with Gasteiger partial charge in [0.05, 0.1) is 11.9 Å². The number of carbonyl (C=O) groups is 1. The molecule has 1 heterocycles. The van der Waals surface area contributed by atoms with Crippen LogP contribution in [0.5, 0.6) is 0 Å². The second kappa shape index (κ2) is 5.99. The first kappa shape index (κ1) is 15.7. The van der Waals surface area contributed by atoms with E-state index in [-0.39, 0.29) is 11.9 Å². The number of sulfonamides is 1. The van der Waals surface area contributed by atoms with Crippen molar-refractivity contribution in [2.24, 2.45) is 5.92 Å². The van der Waals surface area contributed by atoms with E-state index in [4.69, 9.17) is 4.74 Å². The molecule has 2 rings (SSSR count). The van der Waals surface area contributed by atoms with Crippen LogP contribution in [0.25, 0.3) is 0 Å². The Bertz CT molecular complexity index is 447. The van der Waals surface area contributed by atoms with Gasteiger partial charge in [0.15, 0.2) is 0 Å². The SMILES string of the molecule is CC1CCC(NS(=O)(=O)CC2CCCO2)(C(=O)O)CC1. The lowest BCUT2D eigenvalue weighted by molar-refractivity contribution is -0.145. The zero-order chi connectivity index (χ0) is 14.8. The molecule has 0 aromatic rings. The highest BCUT2D eigenvalue weighted by atomic mass is 32.2. The van der Waals surface area contributed by atoms with E-state index < -0.39 is 21.5 Å². The first-order chi connectivity index (χ1) is 9.33. The van der Waals surface area contributed by atoms with Crippen LogP contribution in [0.1, 0.15) is 45.4 Å². The highest BCUT2D eigenvalue weighted by Crippen LogP contribution is 2.33. The first-order valence-corrected chi connectivity index (χ1v) is 8.85. The second-order valence-corrected chi connectivity index (χ2v) is 7.86. The molecule has 6 nitrogen and oxygen atoms in total. The highest BCUT2D eigenvalue weighted by Gasteiger charge is 2.44. The molecule has 0 aromatic carbocycles. The minimum Gasteiger partial charge on any atom is -0.480 e. The first-order valence-electron chi connectivity index (χ1n) is 7.20. The Morgan fingerprint density at radius 2 is 2.00 bits per heavy atom. The summed E-state index contributed by atoms with van der Waals surface area (Å²) in [5.74, 6) is -0.761. The number of rotatable bonds is 5. The zero-order valence-corrected chi connectivity index (χ0v) is 12.6. The average Bonchev–Trinajstić information content (AvgIpc) is 2.83. The molecule has 1 saturated heterocycles. The quantitative estimate of drug-likeness (QED) is 0.794. The van der Waals surface area contributed by atoms with Gasteiger partial charge >= 0.3 is 5.97 Å². The molecular formula is C13H23NO5S. The second-order valence-electron chi connectivity index (χ2n) is 6.09. The molecule has 2 fully saturated rings. The average molecular weight is 305 g/mol. The number of hydrogen-bond donors (Lipinski definition) is 2. The molecule has 0 radical (unpaired) electrons. The summed E-state index contributed by atoms with van der Waals surface area (Å²) in [5.41, 5.74) is -1.33. The predicted octanol–water partition coefficient (Wildman–Crippen LogP) is 1.12. The van der Waals surface area contributed by atoms with E-state index in [1.807, 2.05) is 0 Å². The standard InChI is InChI=1S/C13H23NO5S/c1-10-4-6-13(7-5-10,12(15)16)14-20(17,18)9-11-3-2-8-19-11/h10-11,14H,2-9H2,1H3,(H,15,16). The van der Waals surface area contributed by atoms with E-state index in [1.54, 1.807) is 0 Å². The summed E-state index contributed by atoms with van der Waals surface area (Å²) in [6.45, 7) is 2.65. The summed E-state index contributed by atoms with van der Waals surface area (Å²) >= 11 is 0. The van der Waals surface area contributed by atoms with Crippen LogP contribution in [-0.2, 0) is 19.6 Å². The van der Waals surface area contributed by atoms with E-state index in [0.29, 0.717) is 25.4 Å². The molecule has 0 spiro atoms. The van der Waals surface area contributed by atoms with Crippen LogP contribution in [0.2, 0.25) is 0 Å². The minimum atomic E-state index is -3.64. The molecule has 1 saturated carbocycles. The number of nitrogens with one attached hydrogen (secondary N) is 1. The van der Waals surface area contributed by atoms with Crippen molar-refractivity contribution in [3.8, 4) is 0 Å². The third-order valence-corrected chi connectivity index (χ3v) is 5.83. The maximum atomic E-state index is 12.2. The Kier molecular flexibility index (Phi) is 4.71. The van der Waals surface area contributed by atoms with Crippen LogP contribution in [0.15, 0.2) is 0 Å². The Hall–Kier alpha value is -0.660. The fourth-order valence-electron chi connectivity index (χ4n) is 2.97. The molecule has 0 bridgehead atoms. The van der Waals surface area contributed by atoms with E-state index in [2.05, 4.69) is 11.6 Å². The number of hydrogen-bond acceptors (Lipinski definition) is 4. The lowest BCUT2D eigenvalue weighted by Crippen LogP contribution is -2.57. The maximum Gasteiger partial charge on any atom is 0.324 e. The van der Waals surface area contributed by atoms with Crippen molar-refractivity contribution >= 4 is 16.0 Å². The molecule has 2 aliphatic rings. The van der Waals surface area contributed by atoms with Crippen LogP contribution in [0, 0.1) is 5.92 Å². The molecule has 20 heavy (non-hydrogen) atoms. The molecule has 7 heteroatoms. The number of aliphatic carboxylic acids is 1. The topological polar surface area (TPSA) is 92.7 Å². The summed E-state index contributed by atoms with van der Waals surface area (Å²) in [6.07, 6.45) is 3.45. The summed E-state index contributed by atoms with van der Waals surface area (Å²) in [5, 5.41) is 9.44. The van der Waals surface area contributed by atoms with Crippen molar-refractivity contribution in [3.05, 3.63) is 0 Å². The van der Waals surface area contributed by atoms with Gasteiger partial charge in [0.2, 0.25) is 10.0 Å². The Morgan fingerprint density at radius 1 is 1.35 bits per heavy atom. The van der Waals surface area contributed by atoms with Crippen LogP contribution in [0.4, 0.5) is 0 Å². The van der Waals surface area contributed by atoms with Crippen molar-refractivity contribution in [1.29, 1.82) is 0 Å². The van der Waals surface area contributed by atoms with Gasteiger partial charge in [-0.3, -0.25) is 4.79 Å². The molecule has 0 aromatic heterocycles. The Labute approximate surface area is 119 Å². The molecule has 0 amide bonds. The zero-order valence-electron chi connectivity index (χ0n) is 11.8. The smallest absolute Gasteiger partial charge is 0.324 e. The molecule has 1 unspecified atom stereocenters. The van der Waals surface area contributed by atoms with Crippen molar-refractivity contribution < 1.29 is 23.1 Å². The van der Waals surface area contributed by atoms with Crippen molar-refractivity contribution in [3.63, 3.8) is 0 Å². The van der Waals surface area contributed by atoms with Crippen molar-refractivity contribution in [2.45, 2.75) is 57.1 Å². The van der Waals surface area contributed by atoms with Crippen LogP contribution in [-0.4, -0.2) is 43.5 Å². The molecule has 1 aliphatic heterocycles. The Morgan fingerprint density at radius 3 is 2.50 bits per heavy atom. The van der Waals surface area contributed by atoms with Gasteiger partial charge in [0.1, 0.15) is 5.54 Å². The van der Waals surface area contributed by atoms with Crippen molar-refractivity contribution in [2.75, 3.05) is 12.4 Å². The van der Waals surface area contributed by atoms with Gasteiger partial charge < -0.3 is 9.84 Å². The summed E-state index contributed by atoms with van der Waals surface area (Å²) in [7, 11) is -3.64. The van der Waals surface area contributed by atoms with E-state index >= 15 is 0 Å². The van der Waals surface area contributed by atoms with Crippen LogP contribution >= 0.6 is 0 Å². The van der Waals surface area contributed by atoms with Gasteiger partial charge in [-0.05, 0) is 44.4 Å². The molecule has 2 N–H and O–H groups in total. The van der Waals surface area contributed by atoms with E-state index in [9.17, 15) is 18.3 Å². The third-order valence-electron chi connectivity index (χ3n) is 4.32. The monoisotopic (exact) mass is 305 g/mol. The summed E-state index contributed by atoms with van der Waals surface area (Å²) in [6, 6.07) is 0. The van der Waals surface area contributed by atoms with Crippen molar-refractivity contribution in [1.82, 2.24) is 4.72 Å². The number of ether oxygens (including phenoxy) is 1. The Balaban J connectivity index is 2.05. The van der Waals surface area contributed by atoms with Gasteiger partial charge in [-0.15, -0.1) is 0 Å². The van der Waals surface area contributed by atoms with E-state index in [0.717, 1.165) is 25.7 Å². The fourth-order valence-corrected chi connectivity index (χ4v) is 4.70. The lowest BCUT2D eigenvalue weighted by atomic mass is 9.78. The van der Waals surface area contributed by atoms with Gasteiger partial charge in [-0.1, -0.05) is 6.92 Å². The highest BCUT2D eigenvalue weighted by molar-refractivity contribution is 7.89. The third kappa shape index (κ3) is 3.71. The molecule has 116 valence electrons. The maximum absolute atomic E-state index is 12.2. The molecule has 1 atom stereocenters. The van der Waals surface area contributed by atoms with Gasteiger partial charge in [-0.25, -0.2) is 8.42 Å².